The van der Waals surface area contributed by atoms with Crippen molar-refractivity contribution in [2.45, 2.75) is 12.8 Å². The molecule has 1 fully saturated rings. The minimum Gasteiger partial charge on any atom is -0.330 e. The fourth-order valence-electron chi connectivity index (χ4n) is 2.11. The number of rotatable bonds is 4. The summed E-state index contributed by atoms with van der Waals surface area (Å²) in [7, 11) is 2.21. The van der Waals surface area contributed by atoms with Gasteiger partial charge >= 0.3 is 0 Å². The van der Waals surface area contributed by atoms with Crippen LogP contribution < -0.4 is 5.73 Å². The normalized spacial score (nSPS) is 23.3. The lowest BCUT2D eigenvalue weighted by Gasteiger charge is -2.33. The highest BCUT2D eigenvalue weighted by Crippen LogP contribution is 2.25. The molecule has 0 saturated carbocycles. The molecule has 0 aromatic carbocycles. The van der Waals surface area contributed by atoms with Crippen LogP contribution >= 0.6 is 11.8 Å². The van der Waals surface area contributed by atoms with Crippen molar-refractivity contribution in [1.29, 1.82) is 0 Å². The Hall–Kier alpha value is 0.270. The molecule has 0 aromatic heterocycles. The minimum atomic E-state index is 0.753. The maximum absolute atomic E-state index is 5.80. The molecular weight excluding hydrogens is 180 g/mol. The molecule has 1 unspecified atom stereocenters. The van der Waals surface area contributed by atoms with E-state index in [0.717, 1.165) is 18.4 Å². The van der Waals surface area contributed by atoms with Crippen molar-refractivity contribution in [1.82, 2.24) is 4.90 Å². The molecule has 0 bridgehead atoms. The van der Waals surface area contributed by atoms with E-state index < -0.39 is 0 Å². The number of nitrogens with two attached hydrogens (primary N) is 1. The molecule has 13 heavy (non-hydrogen) atoms. The molecule has 1 aliphatic heterocycles. The van der Waals surface area contributed by atoms with E-state index >= 15 is 0 Å². The van der Waals surface area contributed by atoms with E-state index in [-0.39, 0.29) is 0 Å². The lowest BCUT2D eigenvalue weighted by atomic mass is 9.85. The summed E-state index contributed by atoms with van der Waals surface area (Å²) < 4.78 is 0. The largest absolute Gasteiger partial charge is 0.330 e. The number of hydrogen-bond acceptors (Lipinski definition) is 3. The van der Waals surface area contributed by atoms with Gasteiger partial charge in [0.05, 0.1) is 0 Å². The molecule has 2 nitrogen and oxygen atoms in total. The molecule has 0 aromatic rings. The third kappa shape index (κ3) is 3.49. The molecule has 0 radical (unpaired) electrons. The van der Waals surface area contributed by atoms with Crippen LogP contribution in [-0.4, -0.2) is 43.6 Å². The summed E-state index contributed by atoms with van der Waals surface area (Å²) in [6.07, 6.45) is 4.87. The maximum Gasteiger partial charge on any atom is -0.00190 e. The smallest absolute Gasteiger partial charge is 0.00190 e. The molecule has 1 atom stereocenters. The first kappa shape index (κ1) is 11.3. The van der Waals surface area contributed by atoms with Crippen molar-refractivity contribution in [2.75, 3.05) is 38.7 Å². The van der Waals surface area contributed by atoms with Gasteiger partial charge in [-0.05, 0) is 63.4 Å². The Balaban J connectivity index is 2.32. The van der Waals surface area contributed by atoms with Crippen LogP contribution in [0.25, 0.3) is 0 Å². The van der Waals surface area contributed by atoms with E-state index in [1.165, 1.54) is 31.7 Å². The van der Waals surface area contributed by atoms with Crippen molar-refractivity contribution in [3.63, 3.8) is 0 Å². The number of thioether (sulfide) groups is 1. The highest BCUT2D eigenvalue weighted by atomic mass is 32.2. The van der Waals surface area contributed by atoms with Gasteiger partial charge in [-0.3, -0.25) is 0 Å². The Morgan fingerprint density at radius 3 is 2.54 bits per heavy atom. The van der Waals surface area contributed by atoms with Gasteiger partial charge in [0, 0.05) is 0 Å². The van der Waals surface area contributed by atoms with Crippen LogP contribution in [0, 0.1) is 11.8 Å². The van der Waals surface area contributed by atoms with Gasteiger partial charge in [-0.15, -0.1) is 0 Å². The van der Waals surface area contributed by atoms with Crippen molar-refractivity contribution in [2.24, 2.45) is 17.6 Å². The fourth-order valence-corrected chi connectivity index (χ4v) is 2.95. The Bertz CT molecular complexity index is 133. The molecule has 1 saturated heterocycles. The molecule has 78 valence electrons. The topological polar surface area (TPSA) is 29.3 Å². The molecule has 2 N–H and O–H groups in total. The Morgan fingerprint density at radius 2 is 2.08 bits per heavy atom. The van der Waals surface area contributed by atoms with E-state index in [1.807, 2.05) is 11.8 Å². The highest BCUT2D eigenvalue weighted by molar-refractivity contribution is 7.98. The minimum absolute atomic E-state index is 0.753. The van der Waals surface area contributed by atoms with Crippen molar-refractivity contribution >= 4 is 11.8 Å². The predicted octanol–water partition coefficient (Wildman–Crippen LogP) is 1.27. The maximum atomic E-state index is 5.80. The average Bonchev–Trinajstić information content (AvgIpc) is 2.16. The molecule has 0 aliphatic carbocycles. The second-order valence-electron chi connectivity index (χ2n) is 4.09. The van der Waals surface area contributed by atoms with Crippen LogP contribution in [0.4, 0.5) is 0 Å². The van der Waals surface area contributed by atoms with Gasteiger partial charge in [0.25, 0.3) is 0 Å². The fraction of sp³-hybridized carbons (Fsp3) is 1.00. The SMILES string of the molecule is CSCC(CN)C1CCN(C)CC1. The Kier molecular flexibility index (Phi) is 5.14. The van der Waals surface area contributed by atoms with Crippen molar-refractivity contribution in [3.05, 3.63) is 0 Å². The van der Waals surface area contributed by atoms with Crippen LogP contribution in [0.15, 0.2) is 0 Å². The van der Waals surface area contributed by atoms with Gasteiger partial charge in [-0.1, -0.05) is 0 Å². The Morgan fingerprint density at radius 1 is 1.46 bits per heavy atom. The number of hydrogen-bond donors (Lipinski definition) is 1. The lowest BCUT2D eigenvalue weighted by molar-refractivity contribution is 0.182. The summed E-state index contributed by atoms with van der Waals surface area (Å²) in [5, 5.41) is 0. The van der Waals surface area contributed by atoms with Crippen LogP contribution in [0.1, 0.15) is 12.8 Å². The van der Waals surface area contributed by atoms with Gasteiger partial charge in [0.1, 0.15) is 0 Å². The summed E-state index contributed by atoms with van der Waals surface area (Å²) >= 11 is 1.94. The summed E-state index contributed by atoms with van der Waals surface area (Å²) in [6, 6.07) is 0. The lowest BCUT2D eigenvalue weighted by Crippen LogP contribution is -2.36. The first-order chi connectivity index (χ1) is 6.27. The van der Waals surface area contributed by atoms with Crippen LogP contribution in [-0.2, 0) is 0 Å². The summed E-state index contributed by atoms with van der Waals surface area (Å²) in [5.74, 6) is 2.88. The molecule has 1 aliphatic rings. The van der Waals surface area contributed by atoms with Crippen molar-refractivity contribution < 1.29 is 0 Å². The zero-order chi connectivity index (χ0) is 9.68. The third-order valence-corrected chi connectivity index (χ3v) is 3.87. The first-order valence-electron chi connectivity index (χ1n) is 5.15. The molecule has 0 spiro atoms. The van der Waals surface area contributed by atoms with E-state index in [4.69, 9.17) is 5.73 Å². The van der Waals surface area contributed by atoms with E-state index in [0.29, 0.717) is 0 Å². The first-order valence-corrected chi connectivity index (χ1v) is 6.55. The molecule has 1 heterocycles. The Labute approximate surface area is 86.2 Å². The van der Waals surface area contributed by atoms with E-state index in [2.05, 4.69) is 18.2 Å². The molecule has 3 heteroatoms. The van der Waals surface area contributed by atoms with E-state index in [1.54, 1.807) is 0 Å². The zero-order valence-corrected chi connectivity index (χ0v) is 9.65. The number of likely N-dealkylation sites (tertiary alicyclic amines) is 1. The van der Waals surface area contributed by atoms with Crippen LogP contribution in [0.2, 0.25) is 0 Å². The molecular formula is C10H22N2S. The zero-order valence-electron chi connectivity index (χ0n) is 8.83. The van der Waals surface area contributed by atoms with Gasteiger partial charge in [0.15, 0.2) is 0 Å². The molecule has 0 amide bonds. The monoisotopic (exact) mass is 202 g/mol. The summed E-state index contributed by atoms with van der Waals surface area (Å²) in [5.41, 5.74) is 5.80. The highest BCUT2D eigenvalue weighted by Gasteiger charge is 2.23. The standard InChI is InChI=1S/C10H22N2S/c1-12-5-3-9(4-6-12)10(7-11)8-13-2/h9-10H,3-8,11H2,1-2H3. The van der Waals surface area contributed by atoms with Crippen LogP contribution in [0.3, 0.4) is 0 Å². The van der Waals surface area contributed by atoms with Gasteiger partial charge in [-0.2, -0.15) is 11.8 Å². The number of nitrogens with zero attached hydrogens (tertiary/aromatic N) is 1. The van der Waals surface area contributed by atoms with Crippen molar-refractivity contribution in [3.8, 4) is 0 Å². The van der Waals surface area contributed by atoms with E-state index in [9.17, 15) is 0 Å². The molecule has 1 rings (SSSR count). The third-order valence-electron chi connectivity index (χ3n) is 3.11. The second-order valence-corrected chi connectivity index (χ2v) is 5.00. The van der Waals surface area contributed by atoms with Gasteiger partial charge in [0.2, 0.25) is 0 Å². The summed E-state index contributed by atoms with van der Waals surface area (Å²) in [6.45, 7) is 3.39. The average molecular weight is 202 g/mol. The second kappa shape index (κ2) is 5.89. The quantitative estimate of drug-likeness (QED) is 0.744. The van der Waals surface area contributed by atoms with Gasteiger partial charge in [-0.25, -0.2) is 0 Å². The van der Waals surface area contributed by atoms with Gasteiger partial charge < -0.3 is 10.6 Å². The summed E-state index contributed by atoms with van der Waals surface area (Å²) in [4.78, 5) is 2.42. The predicted molar refractivity (Wildman–Crippen MR) is 61.1 cm³/mol. The number of piperidine rings is 1. The van der Waals surface area contributed by atoms with Crippen LogP contribution in [0.5, 0.6) is 0 Å².